The van der Waals surface area contributed by atoms with Crippen molar-refractivity contribution in [2.75, 3.05) is 5.73 Å². The van der Waals surface area contributed by atoms with Crippen LogP contribution in [0.2, 0.25) is 0 Å². The largest absolute Gasteiger partial charge is 0.399 e. The van der Waals surface area contributed by atoms with Crippen molar-refractivity contribution in [2.45, 2.75) is 6.92 Å². The molecule has 2 N–H and O–H groups in total. The summed E-state index contributed by atoms with van der Waals surface area (Å²) in [6.45, 7) is 2.06. The molecule has 3 heteroatoms. The average molecular weight is 164 g/mol. The van der Waals surface area contributed by atoms with Gasteiger partial charge in [0, 0.05) is 16.0 Å². The number of rotatable bonds is 0. The Kier molecular flexibility index (Phi) is 1.32. The Labute approximate surface area is 68.8 Å². The number of anilines is 1. The molecule has 0 saturated heterocycles. The molecule has 2 nitrogen and oxygen atoms in total. The molecule has 0 unspecified atom stereocenters. The van der Waals surface area contributed by atoms with Crippen LogP contribution in [0.3, 0.4) is 0 Å². The minimum Gasteiger partial charge on any atom is -0.399 e. The Morgan fingerprint density at radius 2 is 2.27 bits per heavy atom. The SMILES string of the molecule is Cc1snc2ccc(N)cc12. The van der Waals surface area contributed by atoms with E-state index < -0.39 is 0 Å². The molecule has 0 amide bonds. The number of aromatic nitrogens is 1. The van der Waals surface area contributed by atoms with Crippen molar-refractivity contribution in [3.05, 3.63) is 23.1 Å². The fourth-order valence-electron chi connectivity index (χ4n) is 1.08. The molecule has 0 atom stereocenters. The molecule has 11 heavy (non-hydrogen) atoms. The molecule has 2 aromatic rings. The summed E-state index contributed by atoms with van der Waals surface area (Å²) >= 11 is 1.52. The predicted molar refractivity (Wildman–Crippen MR) is 48.8 cm³/mol. The van der Waals surface area contributed by atoms with Gasteiger partial charge in [0.15, 0.2) is 0 Å². The molecule has 0 aliphatic rings. The van der Waals surface area contributed by atoms with Crippen LogP contribution >= 0.6 is 11.5 Å². The summed E-state index contributed by atoms with van der Waals surface area (Å²) in [4.78, 5) is 1.23. The summed E-state index contributed by atoms with van der Waals surface area (Å²) in [6, 6.07) is 5.80. The van der Waals surface area contributed by atoms with Crippen LogP contribution in [-0.2, 0) is 0 Å². The van der Waals surface area contributed by atoms with Crippen LogP contribution in [-0.4, -0.2) is 4.37 Å². The molecule has 0 aliphatic carbocycles. The molecule has 1 aromatic heterocycles. The van der Waals surface area contributed by atoms with Crippen LogP contribution in [0.15, 0.2) is 18.2 Å². The highest BCUT2D eigenvalue weighted by Gasteiger charge is 2.00. The van der Waals surface area contributed by atoms with E-state index in [1.165, 1.54) is 21.8 Å². The molecule has 0 saturated carbocycles. The minimum atomic E-state index is 0.806. The Morgan fingerprint density at radius 3 is 3.09 bits per heavy atom. The summed E-state index contributed by atoms with van der Waals surface area (Å²) in [5.41, 5.74) is 7.48. The van der Waals surface area contributed by atoms with Crippen LogP contribution in [0.5, 0.6) is 0 Å². The molecule has 56 valence electrons. The smallest absolute Gasteiger partial charge is 0.0845 e. The van der Waals surface area contributed by atoms with Crippen molar-refractivity contribution in [1.29, 1.82) is 0 Å². The Balaban J connectivity index is 2.87. The van der Waals surface area contributed by atoms with Gasteiger partial charge < -0.3 is 5.73 Å². The Hall–Kier alpha value is -1.09. The van der Waals surface area contributed by atoms with Crippen LogP contribution < -0.4 is 5.73 Å². The van der Waals surface area contributed by atoms with Gasteiger partial charge in [0.25, 0.3) is 0 Å². The zero-order valence-corrected chi connectivity index (χ0v) is 6.98. The molecule has 0 fully saturated rings. The number of nitrogens with two attached hydrogens (primary N) is 1. The first-order valence-electron chi connectivity index (χ1n) is 3.39. The van der Waals surface area contributed by atoms with Gasteiger partial charge in [-0.05, 0) is 36.7 Å². The first-order valence-corrected chi connectivity index (χ1v) is 4.16. The Bertz CT molecular complexity index is 392. The first kappa shape index (κ1) is 6.61. The van der Waals surface area contributed by atoms with Gasteiger partial charge in [0.2, 0.25) is 0 Å². The number of nitrogen functional groups attached to an aromatic ring is 1. The maximum absolute atomic E-state index is 5.63. The summed E-state index contributed by atoms with van der Waals surface area (Å²) in [5.74, 6) is 0. The predicted octanol–water partition coefficient (Wildman–Crippen LogP) is 2.19. The standard InChI is InChI=1S/C8H8N2S/c1-5-7-4-6(9)2-3-8(7)10-11-5/h2-4H,9H2,1H3. The van der Waals surface area contributed by atoms with E-state index in [-0.39, 0.29) is 0 Å². The molecule has 0 aliphatic heterocycles. The van der Waals surface area contributed by atoms with E-state index in [1.807, 2.05) is 18.2 Å². The molecular weight excluding hydrogens is 156 g/mol. The highest BCUT2D eigenvalue weighted by atomic mass is 32.1. The van der Waals surface area contributed by atoms with Gasteiger partial charge in [-0.25, -0.2) is 0 Å². The lowest BCUT2D eigenvalue weighted by atomic mass is 10.2. The number of aryl methyl sites for hydroxylation is 1. The average Bonchev–Trinajstić information content (AvgIpc) is 2.33. The third-order valence-corrected chi connectivity index (χ3v) is 2.46. The second kappa shape index (κ2) is 2.20. The number of hydrogen-bond acceptors (Lipinski definition) is 3. The van der Waals surface area contributed by atoms with Crippen molar-refractivity contribution in [3.63, 3.8) is 0 Å². The van der Waals surface area contributed by atoms with E-state index in [4.69, 9.17) is 5.73 Å². The lowest BCUT2D eigenvalue weighted by molar-refractivity contribution is 1.65. The molecule has 2 rings (SSSR count). The van der Waals surface area contributed by atoms with E-state index >= 15 is 0 Å². The maximum Gasteiger partial charge on any atom is 0.0845 e. The fourth-order valence-corrected chi connectivity index (χ4v) is 1.74. The van der Waals surface area contributed by atoms with Gasteiger partial charge in [0.05, 0.1) is 5.52 Å². The fraction of sp³-hybridized carbons (Fsp3) is 0.125. The van der Waals surface area contributed by atoms with Gasteiger partial charge in [-0.1, -0.05) is 0 Å². The zero-order chi connectivity index (χ0) is 7.84. The summed E-state index contributed by atoms with van der Waals surface area (Å²) in [6.07, 6.45) is 0. The third-order valence-electron chi connectivity index (χ3n) is 1.68. The second-order valence-corrected chi connectivity index (χ2v) is 3.49. The molecular formula is C8H8N2S. The van der Waals surface area contributed by atoms with Gasteiger partial charge in [0.1, 0.15) is 0 Å². The quantitative estimate of drug-likeness (QED) is 0.606. The minimum absolute atomic E-state index is 0.806. The van der Waals surface area contributed by atoms with Crippen molar-refractivity contribution in [2.24, 2.45) is 0 Å². The second-order valence-electron chi connectivity index (χ2n) is 2.52. The van der Waals surface area contributed by atoms with Crippen LogP contribution in [0.4, 0.5) is 5.69 Å². The van der Waals surface area contributed by atoms with Gasteiger partial charge >= 0.3 is 0 Å². The topological polar surface area (TPSA) is 38.9 Å². The van der Waals surface area contributed by atoms with Gasteiger partial charge in [-0.15, -0.1) is 0 Å². The van der Waals surface area contributed by atoms with Crippen LogP contribution in [0.1, 0.15) is 4.88 Å². The van der Waals surface area contributed by atoms with Crippen molar-refractivity contribution >= 4 is 28.1 Å². The van der Waals surface area contributed by atoms with Gasteiger partial charge in [-0.2, -0.15) is 4.37 Å². The van der Waals surface area contributed by atoms with Crippen molar-refractivity contribution in [3.8, 4) is 0 Å². The number of hydrogen-bond donors (Lipinski definition) is 1. The van der Waals surface area contributed by atoms with Crippen LogP contribution in [0.25, 0.3) is 10.9 Å². The van der Waals surface area contributed by atoms with E-state index in [0.29, 0.717) is 0 Å². The molecule has 0 bridgehead atoms. The first-order chi connectivity index (χ1) is 5.27. The highest BCUT2D eigenvalue weighted by Crippen LogP contribution is 2.22. The third kappa shape index (κ3) is 0.973. The molecule has 1 aromatic carbocycles. The van der Waals surface area contributed by atoms with E-state index in [0.717, 1.165) is 11.2 Å². The van der Waals surface area contributed by atoms with Crippen molar-refractivity contribution in [1.82, 2.24) is 4.37 Å². The molecule has 0 spiro atoms. The van der Waals surface area contributed by atoms with Gasteiger partial charge in [-0.3, -0.25) is 0 Å². The Morgan fingerprint density at radius 1 is 1.45 bits per heavy atom. The lowest BCUT2D eigenvalue weighted by Crippen LogP contribution is -1.82. The van der Waals surface area contributed by atoms with Crippen LogP contribution in [0, 0.1) is 6.92 Å². The summed E-state index contributed by atoms with van der Waals surface area (Å²) in [7, 11) is 0. The van der Waals surface area contributed by atoms with E-state index in [2.05, 4.69) is 11.3 Å². The summed E-state index contributed by atoms with van der Waals surface area (Å²) < 4.78 is 4.25. The molecule has 0 radical (unpaired) electrons. The number of benzene rings is 1. The van der Waals surface area contributed by atoms with E-state index in [9.17, 15) is 0 Å². The monoisotopic (exact) mass is 164 g/mol. The lowest BCUT2D eigenvalue weighted by Gasteiger charge is -1.91. The normalized spacial score (nSPS) is 10.6. The zero-order valence-electron chi connectivity index (χ0n) is 6.16. The van der Waals surface area contributed by atoms with E-state index in [1.54, 1.807) is 0 Å². The van der Waals surface area contributed by atoms with Crippen molar-refractivity contribution < 1.29 is 0 Å². The highest BCUT2D eigenvalue weighted by molar-refractivity contribution is 7.07. The number of nitrogens with zero attached hydrogens (tertiary/aromatic N) is 1. The molecule has 1 heterocycles. The summed E-state index contributed by atoms with van der Waals surface area (Å²) in [5, 5.41) is 1.18. The maximum atomic E-state index is 5.63. The number of fused-ring (bicyclic) bond motifs is 1.